The van der Waals surface area contributed by atoms with Crippen molar-refractivity contribution in [2.45, 2.75) is 20.8 Å². The minimum atomic E-state index is -0.254. The number of pyridine rings is 1. The normalized spacial score (nSPS) is 10.2. The first kappa shape index (κ1) is 15.0. The predicted octanol–water partition coefficient (Wildman–Crippen LogP) is 3.34. The Balaban J connectivity index is 2.17. The third-order valence-electron chi connectivity index (χ3n) is 3.17. The number of ether oxygens (including phenoxy) is 1. The molecule has 1 heterocycles. The van der Waals surface area contributed by atoms with Gasteiger partial charge in [-0.15, -0.1) is 0 Å². The van der Waals surface area contributed by atoms with Gasteiger partial charge in [0.15, 0.2) is 0 Å². The van der Waals surface area contributed by atoms with Crippen molar-refractivity contribution in [3.63, 3.8) is 0 Å². The first-order chi connectivity index (χ1) is 10.1. The average molecular weight is 284 g/mol. The molecule has 0 radical (unpaired) electrons. The minimum Gasteiger partial charge on any atom is -0.465 e. The van der Waals surface area contributed by atoms with E-state index in [0.717, 1.165) is 28.1 Å². The summed E-state index contributed by atoms with van der Waals surface area (Å²) in [5.74, 6) is -0.254. The maximum absolute atomic E-state index is 11.4. The number of nitrogens with zero attached hydrogens (tertiary/aromatic N) is 1. The molecule has 1 aromatic heterocycles. The fourth-order valence-electron chi connectivity index (χ4n) is 1.99. The lowest BCUT2D eigenvalue weighted by Gasteiger charge is -2.11. The standard InChI is InChI=1S/C17H20N2O2/c1-4-21-17(20)11-19-16-9-14(7-6-13(16)3)15-8-5-12(2)10-18-15/h5-10,19H,4,11H2,1-3H3. The first-order valence-corrected chi connectivity index (χ1v) is 7.03. The van der Waals surface area contributed by atoms with E-state index < -0.39 is 0 Å². The van der Waals surface area contributed by atoms with Crippen molar-refractivity contribution in [1.29, 1.82) is 0 Å². The van der Waals surface area contributed by atoms with Gasteiger partial charge in [-0.25, -0.2) is 0 Å². The third kappa shape index (κ3) is 4.05. The smallest absolute Gasteiger partial charge is 0.325 e. The molecule has 0 atom stereocenters. The molecule has 0 unspecified atom stereocenters. The molecule has 2 aromatic rings. The van der Waals surface area contributed by atoms with Gasteiger partial charge in [0, 0.05) is 17.4 Å². The fraction of sp³-hybridized carbons (Fsp3) is 0.294. The quantitative estimate of drug-likeness (QED) is 0.856. The maximum Gasteiger partial charge on any atom is 0.325 e. The summed E-state index contributed by atoms with van der Waals surface area (Å²) in [7, 11) is 0. The Morgan fingerprint density at radius 1 is 1.24 bits per heavy atom. The van der Waals surface area contributed by atoms with Gasteiger partial charge >= 0.3 is 5.97 Å². The SMILES string of the molecule is CCOC(=O)CNc1cc(-c2ccc(C)cn2)ccc1C. The molecule has 0 spiro atoms. The maximum atomic E-state index is 11.4. The highest BCUT2D eigenvalue weighted by Gasteiger charge is 2.06. The summed E-state index contributed by atoms with van der Waals surface area (Å²) < 4.78 is 4.92. The molecular formula is C17H20N2O2. The van der Waals surface area contributed by atoms with Crippen LogP contribution in [0.5, 0.6) is 0 Å². The zero-order chi connectivity index (χ0) is 15.2. The summed E-state index contributed by atoms with van der Waals surface area (Å²) in [6, 6.07) is 10.1. The first-order valence-electron chi connectivity index (χ1n) is 7.03. The van der Waals surface area contributed by atoms with E-state index in [1.165, 1.54) is 0 Å². The number of hydrogen-bond donors (Lipinski definition) is 1. The number of esters is 1. The van der Waals surface area contributed by atoms with Crippen molar-refractivity contribution in [3.05, 3.63) is 47.7 Å². The molecule has 0 fully saturated rings. The summed E-state index contributed by atoms with van der Waals surface area (Å²) in [4.78, 5) is 15.8. The van der Waals surface area contributed by atoms with Gasteiger partial charge in [0.1, 0.15) is 6.54 Å². The highest BCUT2D eigenvalue weighted by Crippen LogP contribution is 2.24. The van der Waals surface area contributed by atoms with Crippen molar-refractivity contribution in [1.82, 2.24) is 4.98 Å². The molecular weight excluding hydrogens is 264 g/mol. The number of hydrogen-bond acceptors (Lipinski definition) is 4. The molecule has 110 valence electrons. The second kappa shape index (κ2) is 6.88. The van der Waals surface area contributed by atoms with Gasteiger partial charge in [0.2, 0.25) is 0 Å². The van der Waals surface area contributed by atoms with Crippen molar-refractivity contribution in [2.75, 3.05) is 18.5 Å². The molecule has 4 heteroatoms. The number of nitrogens with one attached hydrogen (secondary N) is 1. The van der Waals surface area contributed by atoms with E-state index >= 15 is 0 Å². The van der Waals surface area contributed by atoms with Crippen molar-refractivity contribution in [2.24, 2.45) is 0 Å². The minimum absolute atomic E-state index is 0.166. The highest BCUT2D eigenvalue weighted by molar-refractivity contribution is 5.76. The van der Waals surface area contributed by atoms with Crippen LogP contribution in [0.3, 0.4) is 0 Å². The lowest BCUT2D eigenvalue weighted by Crippen LogP contribution is -2.17. The van der Waals surface area contributed by atoms with Crippen LogP contribution >= 0.6 is 0 Å². The summed E-state index contributed by atoms with van der Waals surface area (Å²) >= 11 is 0. The van der Waals surface area contributed by atoms with Crippen molar-refractivity contribution in [3.8, 4) is 11.3 Å². The van der Waals surface area contributed by atoms with Gasteiger partial charge in [-0.3, -0.25) is 9.78 Å². The second-order valence-electron chi connectivity index (χ2n) is 4.91. The summed E-state index contributed by atoms with van der Waals surface area (Å²) in [5.41, 5.74) is 5.07. The predicted molar refractivity (Wildman–Crippen MR) is 84.3 cm³/mol. The van der Waals surface area contributed by atoms with E-state index in [-0.39, 0.29) is 12.5 Å². The molecule has 0 aliphatic heterocycles. The number of aryl methyl sites for hydroxylation is 2. The number of rotatable bonds is 5. The molecule has 1 aromatic carbocycles. The van der Waals surface area contributed by atoms with Crippen LogP contribution in [-0.4, -0.2) is 24.1 Å². The second-order valence-corrected chi connectivity index (χ2v) is 4.91. The van der Waals surface area contributed by atoms with Crippen molar-refractivity contribution >= 4 is 11.7 Å². The number of carbonyl (C=O) groups is 1. The van der Waals surface area contributed by atoms with Crippen LogP contribution in [0.2, 0.25) is 0 Å². The molecule has 1 N–H and O–H groups in total. The lowest BCUT2D eigenvalue weighted by atomic mass is 10.1. The zero-order valence-electron chi connectivity index (χ0n) is 12.6. The van der Waals surface area contributed by atoms with Crippen LogP contribution in [0.1, 0.15) is 18.1 Å². The Morgan fingerprint density at radius 3 is 2.71 bits per heavy atom. The molecule has 0 amide bonds. The van der Waals surface area contributed by atoms with E-state index in [4.69, 9.17) is 4.74 Å². The van der Waals surface area contributed by atoms with Crippen LogP contribution in [0.15, 0.2) is 36.5 Å². The van der Waals surface area contributed by atoms with Crippen LogP contribution < -0.4 is 5.32 Å². The van der Waals surface area contributed by atoms with Gasteiger partial charge in [0.25, 0.3) is 0 Å². The molecule has 0 saturated heterocycles. The molecule has 0 aliphatic rings. The van der Waals surface area contributed by atoms with Crippen LogP contribution in [-0.2, 0) is 9.53 Å². The highest BCUT2D eigenvalue weighted by atomic mass is 16.5. The Labute approximate surface area is 125 Å². The molecule has 0 saturated carbocycles. The number of carbonyl (C=O) groups excluding carboxylic acids is 1. The molecule has 4 nitrogen and oxygen atoms in total. The van der Waals surface area contributed by atoms with E-state index in [9.17, 15) is 4.79 Å². The number of benzene rings is 1. The van der Waals surface area contributed by atoms with Gasteiger partial charge in [0.05, 0.1) is 12.3 Å². The summed E-state index contributed by atoms with van der Waals surface area (Å²) in [6.07, 6.45) is 1.85. The third-order valence-corrected chi connectivity index (χ3v) is 3.17. The number of aromatic nitrogens is 1. The monoisotopic (exact) mass is 284 g/mol. The lowest BCUT2D eigenvalue weighted by molar-refractivity contribution is -0.140. The average Bonchev–Trinajstić information content (AvgIpc) is 2.48. The Bertz CT molecular complexity index is 621. The fourth-order valence-corrected chi connectivity index (χ4v) is 1.99. The summed E-state index contributed by atoms with van der Waals surface area (Å²) in [5, 5.41) is 3.12. The largest absolute Gasteiger partial charge is 0.465 e. The zero-order valence-corrected chi connectivity index (χ0v) is 12.6. The van der Waals surface area contributed by atoms with Gasteiger partial charge in [-0.1, -0.05) is 18.2 Å². The van der Waals surface area contributed by atoms with Crippen molar-refractivity contribution < 1.29 is 9.53 Å². The Hall–Kier alpha value is -2.36. The molecule has 2 rings (SSSR count). The number of anilines is 1. The Kier molecular flexibility index (Phi) is 4.93. The van der Waals surface area contributed by atoms with E-state index in [1.54, 1.807) is 6.92 Å². The van der Waals surface area contributed by atoms with Gasteiger partial charge in [-0.2, -0.15) is 0 Å². The van der Waals surface area contributed by atoms with Crippen LogP contribution in [0, 0.1) is 13.8 Å². The Morgan fingerprint density at radius 2 is 2.05 bits per heavy atom. The molecule has 21 heavy (non-hydrogen) atoms. The van der Waals surface area contributed by atoms with Gasteiger partial charge in [-0.05, 0) is 44.0 Å². The van der Waals surface area contributed by atoms with E-state index in [1.807, 2.05) is 50.4 Å². The molecule has 0 aliphatic carbocycles. The molecule has 0 bridgehead atoms. The topological polar surface area (TPSA) is 51.2 Å². The van der Waals surface area contributed by atoms with Crippen LogP contribution in [0.25, 0.3) is 11.3 Å². The van der Waals surface area contributed by atoms with Gasteiger partial charge < -0.3 is 10.1 Å². The van der Waals surface area contributed by atoms with Crippen LogP contribution in [0.4, 0.5) is 5.69 Å². The summed E-state index contributed by atoms with van der Waals surface area (Å²) in [6.45, 7) is 6.37. The van der Waals surface area contributed by atoms with E-state index in [0.29, 0.717) is 6.61 Å². The van der Waals surface area contributed by atoms with E-state index in [2.05, 4.69) is 10.3 Å².